The molecule has 0 bridgehead atoms. The Balaban J connectivity index is 2.36. The largest absolute Gasteiger partial charge is 0.496 e. The summed E-state index contributed by atoms with van der Waals surface area (Å²) in [6, 6.07) is 15.9. The van der Waals surface area contributed by atoms with Crippen LogP contribution in [0.3, 0.4) is 0 Å². The van der Waals surface area contributed by atoms with Gasteiger partial charge in [0.1, 0.15) is 11.5 Å². The molecule has 2 aromatic carbocycles. The van der Waals surface area contributed by atoms with Crippen molar-refractivity contribution in [2.24, 2.45) is 0 Å². The van der Waals surface area contributed by atoms with Gasteiger partial charge in [-0.25, -0.2) is 0 Å². The summed E-state index contributed by atoms with van der Waals surface area (Å²) in [7, 11) is 3.32. The maximum atomic E-state index is 5.34. The molecule has 0 atom stereocenters. The quantitative estimate of drug-likeness (QED) is 0.755. The number of hydrogen-bond acceptors (Lipinski definition) is 2. The Hall–Kier alpha value is -2.22. The third-order valence-corrected chi connectivity index (χ3v) is 2.71. The highest BCUT2D eigenvalue weighted by molar-refractivity contribution is 5.75. The van der Waals surface area contributed by atoms with Crippen LogP contribution >= 0.6 is 0 Å². The van der Waals surface area contributed by atoms with Crippen molar-refractivity contribution in [1.29, 1.82) is 0 Å². The Bertz CT molecular complexity index is 508. The average molecular weight is 240 g/mol. The van der Waals surface area contributed by atoms with E-state index < -0.39 is 0 Å². The van der Waals surface area contributed by atoms with Crippen LogP contribution in [0.4, 0.5) is 0 Å². The molecule has 0 aliphatic rings. The fourth-order valence-corrected chi connectivity index (χ4v) is 1.79. The van der Waals surface area contributed by atoms with Gasteiger partial charge < -0.3 is 9.47 Å². The van der Waals surface area contributed by atoms with Crippen molar-refractivity contribution in [3.8, 4) is 11.5 Å². The lowest BCUT2D eigenvalue weighted by atomic mass is 10.1. The maximum absolute atomic E-state index is 5.34. The lowest BCUT2D eigenvalue weighted by Gasteiger charge is -2.09. The monoisotopic (exact) mass is 240 g/mol. The van der Waals surface area contributed by atoms with Crippen molar-refractivity contribution in [2.45, 2.75) is 0 Å². The van der Waals surface area contributed by atoms with E-state index in [4.69, 9.17) is 9.47 Å². The van der Waals surface area contributed by atoms with Crippen LogP contribution in [-0.2, 0) is 0 Å². The Kier molecular flexibility index (Phi) is 4.02. The van der Waals surface area contributed by atoms with Crippen molar-refractivity contribution < 1.29 is 9.47 Å². The lowest BCUT2D eigenvalue weighted by molar-refractivity contribution is 0.392. The molecule has 0 saturated carbocycles. The Morgan fingerprint density at radius 2 is 1.33 bits per heavy atom. The Labute approximate surface area is 107 Å². The van der Waals surface area contributed by atoms with E-state index in [1.165, 1.54) is 0 Å². The first-order valence-corrected chi connectivity index (χ1v) is 5.79. The molecule has 18 heavy (non-hydrogen) atoms. The first kappa shape index (κ1) is 12.2. The fraction of sp³-hybridized carbons (Fsp3) is 0.125. The van der Waals surface area contributed by atoms with Crippen LogP contribution in [0.1, 0.15) is 11.1 Å². The second kappa shape index (κ2) is 5.92. The number of rotatable bonds is 4. The van der Waals surface area contributed by atoms with E-state index >= 15 is 0 Å². The maximum Gasteiger partial charge on any atom is 0.129 e. The van der Waals surface area contributed by atoms with Gasteiger partial charge in [-0.2, -0.15) is 0 Å². The molecule has 0 fully saturated rings. The minimum atomic E-state index is 0.807. The van der Waals surface area contributed by atoms with Crippen LogP contribution in [0.2, 0.25) is 0 Å². The standard InChI is InChI=1S/C16H16O2/c1-17-15-9-6-10-16(18-2)14(15)12-11-13-7-4-3-5-8-13/h3-12H,1-2H3/b12-11+. The smallest absolute Gasteiger partial charge is 0.129 e. The molecule has 0 aromatic heterocycles. The van der Waals surface area contributed by atoms with Gasteiger partial charge in [0.25, 0.3) is 0 Å². The molecule has 0 unspecified atom stereocenters. The number of methoxy groups -OCH3 is 2. The van der Waals surface area contributed by atoms with Crippen LogP contribution in [-0.4, -0.2) is 14.2 Å². The van der Waals surface area contributed by atoms with Crippen LogP contribution in [0.25, 0.3) is 12.2 Å². The van der Waals surface area contributed by atoms with E-state index in [9.17, 15) is 0 Å². The molecule has 0 amide bonds. The zero-order valence-electron chi connectivity index (χ0n) is 10.6. The molecule has 0 spiro atoms. The van der Waals surface area contributed by atoms with Gasteiger partial charge in [-0.3, -0.25) is 0 Å². The molecular weight excluding hydrogens is 224 g/mol. The van der Waals surface area contributed by atoms with Crippen molar-refractivity contribution in [1.82, 2.24) is 0 Å². The highest BCUT2D eigenvalue weighted by Crippen LogP contribution is 2.30. The van der Waals surface area contributed by atoms with Gasteiger partial charge in [-0.05, 0) is 23.8 Å². The van der Waals surface area contributed by atoms with Gasteiger partial charge >= 0.3 is 0 Å². The number of ether oxygens (including phenoxy) is 2. The summed E-state index contributed by atoms with van der Waals surface area (Å²) >= 11 is 0. The van der Waals surface area contributed by atoms with Gasteiger partial charge in [-0.15, -0.1) is 0 Å². The summed E-state index contributed by atoms with van der Waals surface area (Å²) in [5.41, 5.74) is 2.09. The van der Waals surface area contributed by atoms with Gasteiger partial charge in [-0.1, -0.05) is 42.5 Å². The van der Waals surface area contributed by atoms with Crippen LogP contribution in [0.5, 0.6) is 11.5 Å². The highest BCUT2D eigenvalue weighted by Gasteiger charge is 2.05. The minimum absolute atomic E-state index is 0.807. The Morgan fingerprint density at radius 1 is 0.722 bits per heavy atom. The first-order chi connectivity index (χ1) is 8.85. The van der Waals surface area contributed by atoms with Crippen LogP contribution in [0.15, 0.2) is 48.5 Å². The van der Waals surface area contributed by atoms with Crippen molar-refractivity contribution >= 4 is 12.2 Å². The molecule has 2 nitrogen and oxygen atoms in total. The van der Waals surface area contributed by atoms with E-state index in [-0.39, 0.29) is 0 Å². The minimum Gasteiger partial charge on any atom is -0.496 e. The summed E-state index contributed by atoms with van der Waals surface area (Å²) in [6.45, 7) is 0. The summed E-state index contributed by atoms with van der Waals surface area (Å²) in [5, 5.41) is 0. The van der Waals surface area contributed by atoms with Crippen LogP contribution in [0, 0.1) is 0 Å². The molecular formula is C16H16O2. The summed E-state index contributed by atoms with van der Waals surface area (Å²) in [5.74, 6) is 1.61. The molecule has 2 rings (SSSR count). The normalized spacial score (nSPS) is 10.6. The average Bonchev–Trinajstić information content (AvgIpc) is 2.45. The van der Waals surface area contributed by atoms with Gasteiger partial charge in [0.2, 0.25) is 0 Å². The second-order valence-electron chi connectivity index (χ2n) is 3.82. The predicted octanol–water partition coefficient (Wildman–Crippen LogP) is 3.87. The fourth-order valence-electron chi connectivity index (χ4n) is 1.79. The van der Waals surface area contributed by atoms with E-state index in [1.807, 2.05) is 48.6 Å². The molecule has 0 aliphatic heterocycles. The molecule has 0 N–H and O–H groups in total. The predicted molar refractivity (Wildman–Crippen MR) is 74.9 cm³/mol. The topological polar surface area (TPSA) is 18.5 Å². The Morgan fingerprint density at radius 3 is 1.89 bits per heavy atom. The number of benzene rings is 2. The molecule has 2 heteroatoms. The third-order valence-electron chi connectivity index (χ3n) is 2.71. The molecule has 0 heterocycles. The molecule has 92 valence electrons. The van der Waals surface area contributed by atoms with E-state index in [1.54, 1.807) is 14.2 Å². The molecule has 0 saturated heterocycles. The summed E-state index contributed by atoms with van der Waals surface area (Å²) < 4.78 is 10.7. The van der Waals surface area contributed by atoms with Crippen LogP contribution < -0.4 is 9.47 Å². The van der Waals surface area contributed by atoms with E-state index in [2.05, 4.69) is 12.1 Å². The first-order valence-electron chi connectivity index (χ1n) is 5.79. The van der Waals surface area contributed by atoms with E-state index in [0.717, 1.165) is 22.6 Å². The highest BCUT2D eigenvalue weighted by atomic mass is 16.5. The third kappa shape index (κ3) is 2.72. The number of hydrogen-bond donors (Lipinski definition) is 0. The van der Waals surface area contributed by atoms with Gasteiger partial charge in [0.15, 0.2) is 0 Å². The van der Waals surface area contributed by atoms with Crippen molar-refractivity contribution in [3.05, 3.63) is 59.7 Å². The van der Waals surface area contributed by atoms with Crippen molar-refractivity contribution in [2.75, 3.05) is 14.2 Å². The lowest BCUT2D eigenvalue weighted by Crippen LogP contribution is -1.91. The summed E-state index contributed by atoms with van der Waals surface area (Å²) in [4.78, 5) is 0. The van der Waals surface area contributed by atoms with Gasteiger partial charge in [0, 0.05) is 0 Å². The molecule has 0 radical (unpaired) electrons. The second-order valence-corrected chi connectivity index (χ2v) is 3.82. The molecule has 2 aromatic rings. The summed E-state index contributed by atoms with van der Waals surface area (Å²) in [6.07, 6.45) is 4.05. The van der Waals surface area contributed by atoms with E-state index in [0.29, 0.717) is 0 Å². The zero-order chi connectivity index (χ0) is 12.8. The SMILES string of the molecule is COc1cccc(OC)c1/C=C/c1ccccc1. The zero-order valence-corrected chi connectivity index (χ0v) is 10.6. The van der Waals surface area contributed by atoms with Gasteiger partial charge in [0.05, 0.1) is 19.8 Å². The van der Waals surface area contributed by atoms with Crippen molar-refractivity contribution in [3.63, 3.8) is 0 Å². The molecule has 0 aliphatic carbocycles.